The van der Waals surface area contributed by atoms with Crippen LogP contribution in [0.25, 0.3) is 11.0 Å². The Bertz CT molecular complexity index is 1210. The summed E-state index contributed by atoms with van der Waals surface area (Å²) in [6, 6.07) is 9.18. The number of rotatable bonds is 8. The zero-order chi connectivity index (χ0) is 24.6. The fourth-order valence-corrected chi connectivity index (χ4v) is 4.30. The first kappa shape index (κ1) is 25.0. The van der Waals surface area contributed by atoms with Crippen LogP contribution in [0.3, 0.4) is 0 Å². The molecule has 5 atom stereocenters. The molecule has 1 aliphatic rings. The van der Waals surface area contributed by atoms with Crippen LogP contribution < -0.4 is 5.32 Å². The summed E-state index contributed by atoms with van der Waals surface area (Å²) in [7, 11) is -4.42. The van der Waals surface area contributed by atoms with Crippen LogP contribution in [-0.4, -0.2) is 65.8 Å². The average Bonchev–Trinajstić information content (AvgIpc) is 3.24. The third kappa shape index (κ3) is 5.24. The predicted octanol–water partition coefficient (Wildman–Crippen LogP) is 2.17. The molecule has 3 aromatic rings. The normalized spacial score (nSPS) is 24.0. The van der Waals surface area contributed by atoms with Crippen molar-refractivity contribution in [3.05, 3.63) is 53.2 Å². The van der Waals surface area contributed by atoms with Crippen LogP contribution in [0, 0.1) is 5.82 Å². The van der Waals surface area contributed by atoms with Crippen molar-refractivity contribution in [3.63, 3.8) is 0 Å². The molecular formula is C20H23ClFN4O7P. The predicted molar refractivity (Wildman–Crippen MR) is 120 cm³/mol. The summed E-state index contributed by atoms with van der Waals surface area (Å²) < 4.78 is 37.7. The maximum absolute atomic E-state index is 15.1. The zero-order valence-corrected chi connectivity index (χ0v) is 19.5. The van der Waals surface area contributed by atoms with E-state index < -0.39 is 50.9 Å². The molecule has 1 aromatic carbocycles. The molecule has 0 amide bonds. The van der Waals surface area contributed by atoms with E-state index in [9.17, 15) is 14.8 Å². The summed E-state index contributed by atoms with van der Waals surface area (Å²) in [5.74, 6) is -0.571. The van der Waals surface area contributed by atoms with Gasteiger partial charge in [-0.2, -0.15) is 9.97 Å². The van der Waals surface area contributed by atoms with Gasteiger partial charge in [-0.1, -0.05) is 30.3 Å². The number of nitrogens with one attached hydrogen (secondary N) is 1. The van der Waals surface area contributed by atoms with Crippen LogP contribution in [0.2, 0.25) is 5.28 Å². The Kier molecular flexibility index (Phi) is 7.22. The molecule has 0 spiro atoms. The van der Waals surface area contributed by atoms with E-state index in [1.807, 2.05) is 37.3 Å². The molecule has 0 bridgehead atoms. The van der Waals surface area contributed by atoms with Gasteiger partial charge in [-0.15, -0.1) is 0 Å². The number of halogens is 2. The molecule has 1 fully saturated rings. The number of benzene rings is 1. The number of aliphatic hydroxyl groups excluding tert-OH is 2. The van der Waals surface area contributed by atoms with E-state index in [1.165, 1.54) is 4.57 Å². The lowest BCUT2D eigenvalue weighted by Gasteiger charge is -2.18. The maximum atomic E-state index is 15.1. The Balaban J connectivity index is 1.62. The van der Waals surface area contributed by atoms with Crippen LogP contribution in [0.15, 0.2) is 36.5 Å². The smallest absolute Gasteiger partial charge is 0.350 e. The molecule has 184 valence electrons. The molecular weight excluding hydrogens is 494 g/mol. The number of aliphatic hydroxyl groups is 2. The fraction of sp³-hybridized carbons (Fsp3) is 0.400. The van der Waals surface area contributed by atoms with Gasteiger partial charge in [-0.3, -0.25) is 4.57 Å². The minimum Gasteiger partial charge on any atom is -0.387 e. The summed E-state index contributed by atoms with van der Waals surface area (Å²) >= 11 is 6.10. The van der Waals surface area contributed by atoms with Gasteiger partial charge in [0.15, 0.2) is 17.7 Å². The highest BCUT2D eigenvalue weighted by molar-refractivity contribution is 7.51. The molecule has 0 saturated carbocycles. The molecule has 11 nitrogen and oxygen atoms in total. The standard InChI is InChI=1S/C20H23ClFN4O7P/c1-10(11-5-3-2-4-6-11)23-17-14-12(22)7-26(18(14)25-20(21)24-17)19-16(28)15(27)13(33-19)8-32-9-34(29,30)31/h2-7,10,13,15-16,19,27-28H,8-9H2,1H3,(H,23,24,25)(H2,29,30,31)/t10-,13?,15-,16-,19-/m1/s1. The largest absolute Gasteiger partial charge is 0.387 e. The van der Waals surface area contributed by atoms with Gasteiger partial charge in [-0.25, -0.2) is 4.39 Å². The Hall–Kier alpha value is -2.15. The van der Waals surface area contributed by atoms with Crippen LogP contribution in [0.5, 0.6) is 0 Å². The summed E-state index contributed by atoms with van der Waals surface area (Å²) in [5, 5.41) is 23.8. The third-order valence-electron chi connectivity index (χ3n) is 5.40. The van der Waals surface area contributed by atoms with Crippen LogP contribution in [-0.2, 0) is 14.0 Å². The van der Waals surface area contributed by atoms with Gasteiger partial charge in [-0.05, 0) is 24.1 Å². The second-order valence-electron chi connectivity index (χ2n) is 7.91. The Labute approximate surface area is 198 Å². The SMILES string of the molecule is C[C@@H](Nc1nc(Cl)nc2c1c(F)cn2[C@@H]1OC(COCP(=O)(O)O)[C@@H](O)[C@H]1O)c1ccccc1. The van der Waals surface area contributed by atoms with Gasteiger partial charge in [0, 0.05) is 12.2 Å². The van der Waals surface area contributed by atoms with Crippen molar-refractivity contribution in [2.75, 3.05) is 18.3 Å². The van der Waals surface area contributed by atoms with E-state index in [1.54, 1.807) is 0 Å². The molecule has 14 heteroatoms. The number of aromatic nitrogens is 3. The molecule has 34 heavy (non-hydrogen) atoms. The quantitative estimate of drug-likeness (QED) is 0.222. The minimum absolute atomic E-state index is 0.0127. The number of nitrogens with zero attached hydrogens (tertiary/aromatic N) is 3. The third-order valence-corrected chi connectivity index (χ3v) is 6.09. The van der Waals surface area contributed by atoms with E-state index in [-0.39, 0.29) is 28.2 Å². The average molecular weight is 517 g/mol. The summed E-state index contributed by atoms with van der Waals surface area (Å²) in [6.45, 7) is 1.47. The molecule has 0 aliphatic carbocycles. The van der Waals surface area contributed by atoms with E-state index >= 15 is 4.39 Å². The topological polar surface area (TPSA) is 159 Å². The zero-order valence-electron chi connectivity index (χ0n) is 17.8. The highest BCUT2D eigenvalue weighted by Crippen LogP contribution is 2.37. The molecule has 1 saturated heterocycles. The van der Waals surface area contributed by atoms with Crippen LogP contribution in [0.4, 0.5) is 10.2 Å². The first-order chi connectivity index (χ1) is 16.0. The minimum atomic E-state index is -4.42. The van der Waals surface area contributed by atoms with Crippen molar-refractivity contribution in [2.24, 2.45) is 0 Å². The van der Waals surface area contributed by atoms with Gasteiger partial charge in [0.2, 0.25) is 5.28 Å². The number of anilines is 1. The first-order valence-electron chi connectivity index (χ1n) is 10.2. The van der Waals surface area contributed by atoms with Crippen molar-refractivity contribution in [1.82, 2.24) is 14.5 Å². The van der Waals surface area contributed by atoms with Crippen molar-refractivity contribution in [3.8, 4) is 0 Å². The molecule has 2 aromatic heterocycles. The Morgan fingerprint density at radius 1 is 1.26 bits per heavy atom. The lowest BCUT2D eigenvalue weighted by molar-refractivity contribution is -0.0612. The maximum Gasteiger partial charge on any atom is 0.350 e. The van der Waals surface area contributed by atoms with Crippen LogP contribution >= 0.6 is 19.2 Å². The van der Waals surface area contributed by atoms with Gasteiger partial charge >= 0.3 is 7.60 Å². The van der Waals surface area contributed by atoms with Gasteiger partial charge in [0.1, 0.15) is 30.5 Å². The van der Waals surface area contributed by atoms with Crippen molar-refractivity contribution < 1.29 is 38.4 Å². The van der Waals surface area contributed by atoms with E-state index in [4.69, 9.17) is 30.9 Å². The monoisotopic (exact) mass is 516 g/mol. The Morgan fingerprint density at radius 2 is 1.97 bits per heavy atom. The first-order valence-corrected chi connectivity index (χ1v) is 12.4. The molecule has 3 heterocycles. The number of hydrogen-bond donors (Lipinski definition) is 5. The summed E-state index contributed by atoms with van der Waals surface area (Å²) in [5.41, 5.74) is 0.953. The number of hydrogen-bond acceptors (Lipinski definition) is 8. The molecule has 0 radical (unpaired) electrons. The van der Waals surface area contributed by atoms with Gasteiger partial charge < -0.3 is 39.4 Å². The summed E-state index contributed by atoms with van der Waals surface area (Å²) in [6.07, 6.45) is -5.19. The lowest BCUT2D eigenvalue weighted by atomic mass is 10.1. The number of ether oxygens (including phenoxy) is 2. The van der Waals surface area contributed by atoms with Gasteiger partial charge in [0.25, 0.3) is 0 Å². The highest BCUT2D eigenvalue weighted by atomic mass is 35.5. The highest BCUT2D eigenvalue weighted by Gasteiger charge is 2.45. The fourth-order valence-electron chi connectivity index (χ4n) is 3.79. The van der Waals surface area contributed by atoms with E-state index in [0.29, 0.717) is 0 Å². The molecule has 1 aliphatic heterocycles. The molecule has 4 rings (SSSR count). The van der Waals surface area contributed by atoms with Crippen molar-refractivity contribution in [1.29, 1.82) is 0 Å². The lowest BCUT2D eigenvalue weighted by Crippen LogP contribution is -2.33. The second kappa shape index (κ2) is 9.84. The van der Waals surface area contributed by atoms with E-state index in [2.05, 4.69) is 15.3 Å². The Morgan fingerprint density at radius 3 is 2.65 bits per heavy atom. The van der Waals surface area contributed by atoms with Crippen LogP contribution in [0.1, 0.15) is 24.8 Å². The second-order valence-corrected chi connectivity index (χ2v) is 9.84. The molecule has 5 N–H and O–H groups in total. The van der Waals surface area contributed by atoms with Gasteiger partial charge in [0.05, 0.1) is 12.0 Å². The summed E-state index contributed by atoms with van der Waals surface area (Å²) in [4.78, 5) is 26.0. The number of fused-ring (bicyclic) bond motifs is 1. The molecule has 1 unspecified atom stereocenters. The van der Waals surface area contributed by atoms with E-state index in [0.717, 1.165) is 11.8 Å². The van der Waals surface area contributed by atoms with Crippen molar-refractivity contribution in [2.45, 2.75) is 37.5 Å². The van der Waals surface area contributed by atoms with Crippen molar-refractivity contribution >= 4 is 36.0 Å².